The number of carboxylic acid groups (broad SMARTS) is 1. The number of halogens is 3. The van der Waals surface area contributed by atoms with Crippen molar-refractivity contribution in [3.05, 3.63) is 54.1 Å². The summed E-state index contributed by atoms with van der Waals surface area (Å²) in [5, 5.41) is 13.5. The lowest BCUT2D eigenvalue weighted by molar-refractivity contribution is -0.192. The van der Waals surface area contributed by atoms with Crippen molar-refractivity contribution in [2.45, 2.75) is 31.9 Å². The van der Waals surface area contributed by atoms with Crippen LogP contribution in [0.1, 0.15) is 36.0 Å². The molecule has 35 heavy (non-hydrogen) atoms. The summed E-state index contributed by atoms with van der Waals surface area (Å²) in [4.78, 5) is 35.8. The van der Waals surface area contributed by atoms with Crippen LogP contribution in [0.4, 0.5) is 18.9 Å². The van der Waals surface area contributed by atoms with E-state index in [9.17, 15) is 22.8 Å². The fourth-order valence-corrected chi connectivity index (χ4v) is 4.06. The van der Waals surface area contributed by atoms with E-state index in [1.165, 1.54) is 0 Å². The third kappa shape index (κ3) is 7.54. The summed E-state index contributed by atoms with van der Waals surface area (Å²) in [5.74, 6) is -2.39. The molecule has 1 aliphatic heterocycles. The van der Waals surface area contributed by atoms with E-state index < -0.39 is 12.1 Å². The average molecular weight is 492 g/mol. The van der Waals surface area contributed by atoms with Gasteiger partial charge in [-0.15, -0.1) is 0 Å². The van der Waals surface area contributed by atoms with Gasteiger partial charge in [0.05, 0.1) is 0 Å². The lowest BCUT2D eigenvalue weighted by Gasteiger charge is -2.27. The van der Waals surface area contributed by atoms with Crippen molar-refractivity contribution in [3.63, 3.8) is 0 Å². The summed E-state index contributed by atoms with van der Waals surface area (Å²) in [6.07, 6.45) is -0.795. The smallest absolute Gasteiger partial charge is 0.475 e. The van der Waals surface area contributed by atoms with Crippen molar-refractivity contribution in [1.82, 2.24) is 10.2 Å². The van der Waals surface area contributed by atoms with Gasteiger partial charge in [0.25, 0.3) is 5.91 Å². The maximum absolute atomic E-state index is 12.6. The Labute approximate surface area is 201 Å². The van der Waals surface area contributed by atoms with Gasteiger partial charge in [0.1, 0.15) is 0 Å². The zero-order valence-corrected chi connectivity index (χ0v) is 19.1. The standard InChI is InChI=1S/C23H27N3O2.C2HF3O2/c27-22(18-4-1-2-5-18)25-21-7-3-6-20(16-21)17-8-10-19(11-9-17)23(28)26-14-12-24-13-15-26;3-2(4,5)1(6)7/h3,6-11,16,18,24H,1-2,4-5,12-15H2,(H,25,27);(H,6,7). The van der Waals surface area contributed by atoms with Crippen LogP contribution in [0.3, 0.4) is 0 Å². The SMILES string of the molecule is O=C(Nc1cccc(-c2ccc(C(=O)N3CCNCC3)cc2)c1)C1CCCC1.O=C(O)C(F)(F)F. The second-order valence-corrected chi connectivity index (χ2v) is 8.47. The molecule has 1 heterocycles. The number of carbonyl (C=O) groups excluding carboxylic acids is 2. The van der Waals surface area contributed by atoms with Gasteiger partial charge in [-0.2, -0.15) is 13.2 Å². The first kappa shape index (κ1) is 26.2. The van der Waals surface area contributed by atoms with Gasteiger partial charge in [-0.1, -0.05) is 37.1 Å². The molecule has 0 spiro atoms. The summed E-state index contributed by atoms with van der Waals surface area (Å²) in [6.45, 7) is 3.21. The lowest BCUT2D eigenvalue weighted by Crippen LogP contribution is -2.46. The zero-order valence-electron chi connectivity index (χ0n) is 19.1. The second-order valence-electron chi connectivity index (χ2n) is 8.47. The van der Waals surface area contributed by atoms with Gasteiger partial charge in [-0.05, 0) is 48.2 Å². The minimum atomic E-state index is -5.08. The van der Waals surface area contributed by atoms with Gasteiger partial charge in [0, 0.05) is 43.3 Å². The zero-order chi connectivity index (χ0) is 25.4. The summed E-state index contributed by atoms with van der Waals surface area (Å²) in [7, 11) is 0. The molecule has 0 atom stereocenters. The van der Waals surface area contributed by atoms with Gasteiger partial charge >= 0.3 is 12.1 Å². The van der Waals surface area contributed by atoms with E-state index in [0.717, 1.165) is 74.2 Å². The molecule has 0 radical (unpaired) electrons. The normalized spacial score (nSPS) is 16.3. The molecule has 2 aliphatic rings. The summed E-state index contributed by atoms with van der Waals surface area (Å²) < 4.78 is 31.7. The first-order chi connectivity index (χ1) is 16.6. The molecule has 0 unspecified atom stereocenters. The van der Waals surface area contributed by atoms with E-state index in [1.54, 1.807) is 0 Å². The highest BCUT2D eigenvalue weighted by Gasteiger charge is 2.38. The number of benzene rings is 2. The predicted molar refractivity (Wildman–Crippen MR) is 125 cm³/mol. The Morgan fingerprint density at radius 2 is 1.54 bits per heavy atom. The third-order valence-corrected chi connectivity index (χ3v) is 5.97. The Morgan fingerprint density at radius 3 is 2.11 bits per heavy atom. The molecular weight excluding hydrogens is 463 g/mol. The Balaban J connectivity index is 0.000000429. The summed E-state index contributed by atoms with van der Waals surface area (Å²) >= 11 is 0. The van der Waals surface area contributed by atoms with Crippen molar-refractivity contribution in [3.8, 4) is 11.1 Å². The molecule has 1 saturated carbocycles. The van der Waals surface area contributed by atoms with Crippen molar-refractivity contribution < 1.29 is 32.7 Å². The number of aliphatic carboxylic acids is 1. The second kappa shape index (κ2) is 11.8. The molecule has 2 aromatic carbocycles. The van der Waals surface area contributed by atoms with Crippen LogP contribution in [0.5, 0.6) is 0 Å². The number of hydrogen-bond donors (Lipinski definition) is 3. The molecule has 2 aromatic rings. The molecule has 2 fully saturated rings. The minimum Gasteiger partial charge on any atom is -0.475 e. The van der Waals surface area contributed by atoms with E-state index >= 15 is 0 Å². The van der Waals surface area contributed by atoms with E-state index in [4.69, 9.17) is 9.90 Å². The first-order valence-corrected chi connectivity index (χ1v) is 11.5. The highest BCUT2D eigenvalue weighted by atomic mass is 19.4. The summed E-state index contributed by atoms with van der Waals surface area (Å²) in [6, 6.07) is 15.7. The number of hydrogen-bond acceptors (Lipinski definition) is 4. The number of nitrogens with zero attached hydrogens (tertiary/aromatic N) is 1. The molecule has 3 N–H and O–H groups in total. The van der Waals surface area contributed by atoms with Gasteiger partial charge in [0.2, 0.25) is 5.91 Å². The van der Waals surface area contributed by atoms with Crippen molar-refractivity contribution in [1.29, 1.82) is 0 Å². The van der Waals surface area contributed by atoms with Crippen LogP contribution in [-0.2, 0) is 9.59 Å². The molecule has 4 rings (SSSR count). The van der Waals surface area contributed by atoms with Crippen LogP contribution >= 0.6 is 0 Å². The molecule has 7 nitrogen and oxygen atoms in total. The van der Waals surface area contributed by atoms with Crippen LogP contribution in [0.2, 0.25) is 0 Å². The van der Waals surface area contributed by atoms with Gasteiger partial charge in [-0.25, -0.2) is 4.79 Å². The molecule has 1 aliphatic carbocycles. The van der Waals surface area contributed by atoms with Crippen LogP contribution < -0.4 is 10.6 Å². The Hall–Kier alpha value is -3.40. The quantitative estimate of drug-likeness (QED) is 0.597. The highest BCUT2D eigenvalue weighted by molar-refractivity contribution is 5.95. The van der Waals surface area contributed by atoms with Crippen molar-refractivity contribution in [2.75, 3.05) is 31.5 Å². The van der Waals surface area contributed by atoms with Gasteiger partial charge in [-0.3, -0.25) is 9.59 Å². The predicted octanol–water partition coefficient (Wildman–Crippen LogP) is 4.16. The number of carbonyl (C=O) groups is 3. The monoisotopic (exact) mass is 491 g/mol. The number of piperazine rings is 1. The molecule has 0 bridgehead atoms. The Kier molecular flexibility index (Phi) is 8.86. The highest BCUT2D eigenvalue weighted by Crippen LogP contribution is 2.28. The minimum absolute atomic E-state index is 0.0885. The maximum Gasteiger partial charge on any atom is 0.490 e. The van der Waals surface area contributed by atoms with Crippen LogP contribution in [0.15, 0.2) is 48.5 Å². The van der Waals surface area contributed by atoms with Gasteiger partial charge in [0.15, 0.2) is 0 Å². The molecule has 2 amide bonds. The number of nitrogens with one attached hydrogen (secondary N) is 2. The Bertz CT molecular complexity index is 1030. The topological polar surface area (TPSA) is 98.7 Å². The maximum atomic E-state index is 12.6. The van der Waals surface area contributed by atoms with Crippen molar-refractivity contribution >= 4 is 23.5 Å². The van der Waals surface area contributed by atoms with Crippen LogP contribution in [0.25, 0.3) is 11.1 Å². The fraction of sp³-hybridized carbons (Fsp3) is 0.400. The van der Waals surface area contributed by atoms with Crippen molar-refractivity contribution in [2.24, 2.45) is 5.92 Å². The van der Waals surface area contributed by atoms with E-state index in [0.29, 0.717) is 0 Å². The largest absolute Gasteiger partial charge is 0.490 e. The molecule has 10 heteroatoms. The Morgan fingerprint density at radius 1 is 0.943 bits per heavy atom. The van der Waals surface area contributed by atoms with E-state index in [2.05, 4.69) is 10.6 Å². The average Bonchev–Trinajstić information content (AvgIpc) is 3.40. The molecule has 1 saturated heterocycles. The fourth-order valence-electron chi connectivity index (χ4n) is 4.06. The number of carboxylic acids is 1. The van der Waals surface area contributed by atoms with Gasteiger partial charge < -0.3 is 20.6 Å². The lowest BCUT2D eigenvalue weighted by atomic mass is 10.0. The van der Waals surface area contributed by atoms with E-state index in [1.807, 2.05) is 53.4 Å². The van der Waals surface area contributed by atoms with Crippen LogP contribution in [0, 0.1) is 5.92 Å². The first-order valence-electron chi connectivity index (χ1n) is 11.5. The third-order valence-electron chi connectivity index (χ3n) is 5.97. The number of alkyl halides is 3. The number of rotatable bonds is 4. The number of amides is 2. The molecule has 0 aromatic heterocycles. The summed E-state index contributed by atoms with van der Waals surface area (Å²) in [5.41, 5.74) is 3.62. The van der Waals surface area contributed by atoms with E-state index in [-0.39, 0.29) is 17.7 Å². The molecular formula is C25H28F3N3O4. The molecule has 188 valence electrons. The number of anilines is 1. The van der Waals surface area contributed by atoms with Crippen LogP contribution in [-0.4, -0.2) is 60.1 Å².